The summed E-state index contributed by atoms with van der Waals surface area (Å²) in [7, 11) is 0. The molecule has 0 amide bonds. The summed E-state index contributed by atoms with van der Waals surface area (Å²) in [5, 5.41) is 4.33. The van der Waals surface area contributed by atoms with E-state index < -0.39 is 18.2 Å². The van der Waals surface area contributed by atoms with Crippen LogP contribution >= 0.6 is 0 Å². The number of benzene rings is 2. The molecule has 9 nitrogen and oxygen atoms in total. The SMILES string of the molecule is O=C1OC2CN(OC1=O)C(Nc1ccc(Cc3ccc(OCCOC4CCCCC4)cc3)cc1)=N2. The maximum absolute atomic E-state index is 11.5. The molecule has 2 bridgehead atoms. The number of hydroxylamine groups is 2. The maximum atomic E-state index is 11.5. The molecule has 0 spiro atoms. The smallest absolute Gasteiger partial charge is 0.441 e. The van der Waals surface area contributed by atoms with E-state index in [0.29, 0.717) is 25.3 Å². The van der Waals surface area contributed by atoms with Crippen molar-refractivity contribution in [1.29, 1.82) is 0 Å². The Bertz CT molecular complexity index is 1060. The van der Waals surface area contributed by atoms with Gasteiger partial charge in [-0.3, -0.25) is 0 Å². The van der Waals surface area contributed by atoms with Crippen LogP contribution < -0.4 is 10.1 Å². The first-order valence-corrected chi connectivity index (χ1v) is 12.1. The van der Waals surface area contributed by atoms with Crippen molar-refractivity contribution in [2.24, 2.45) is 4.99 Å². The summed E-state index contributed by atoms with van der Waals surface area (Å²) in [5.41, 5.74) is 3.11. The number of nitrogens with zero attached hydrogens (tertiary/aromatic N) is 2. The summed E-state index contributed by atoms with van der Waals surface area (Å²) < 4.78 is 16.7. The third-order valence-electron chi connectivity index (χ3n) is 6.23. The molecule has 1 saturated heterocycles. The molecule has 0 radical (unpaired) electrons. The van der Waals surface area contributed by atoms with Gasteiger partial charge >= 0.3 is 11.9 Å². The van der Waals surface area contributed by atoms with Crippen LogP contribution in [-0.2, 0) is 30.3 Å². The number of guanidine groups is 1. The fraction of sp³-hybridized carbons (Fsp3) is 0.423. The van der Waals surface area contributed by atoms with E-state index in [0.717, 1.165) is 23.4 Å². The van der Waals surface area contributed by atoms with Crippen molar-refractivity contribution in [1.82, 2.24) is 5.06 Å². The minimum Gasteiger partial charge on any atom is -0.491 e. The highest BCUT2D eigenvalue weighted by Crippen LogP contribution is 2.22. The Balaban J connectivity index is 1.08. The summed E-state index contributed by atoms with van der Waals surface area (Å²) >= 11 is 0. The molecular formula is C26H29N3O6. The molecule has 0 aromatic heterocycles. The van der Waals surface area contributed by atoms with Gasteiger partial charge < -0.3 is 24.4 Å². The van der Waals surface area contributed by atoms with E-state index in [1.165, 1.54) is 42.7 Å². The van der Waals surface area contributed by atoms with Crippen LogP contribution in [0.1, 0.15) is 43.2 Å². The van der Waals surface area contributed by atoms with Crippen molar-refractivity contribution < 1.29 is 28.6 Å². The van der Waals surface area contributed by atoms with Crippen molar-refractivity contribution in [2.75, 3.05) is 25.1 Å². The molecule has 2 aromatic rings. The van der Waals surface area contributed by atoms with Gasteiger partial charge in [0.1, 0.15) is 18.9 Å². The van der Waals surface area contributed by atoms with Crippen molar-refractivity contribution >= 4 is 23.6 Å². The van der Waals surface area contributed by atoms with E-state index in [9.17, 15) is 9.59 Å². The molecule has 2 aliphatic heterocycles. The first-order chi connectivity index (χ1) is 17.1. The van der Waals surface area contributed by atoms with Crippen LogP contribution in [0, 0.1) is 0 Å². The molecule has 184 valence electrons. The molecule has 5 rings (SSSR count). The molecule has 2 aromatic carbocycles. The van der Waals surface area contributed by atoms with Gasteiger partial charge in [-0.1, -0.05) is 43.5 Å². The Labute approximate surface area is 204 Å². The predicted molar refractivity (Wildman–Crippen MR) is 128 cm³/mol. The first kappa shape index (κ1) is 23.2. The molecule has 1 aliphatic carbocycles. The topological polar surface area (TPSA) is 98.7 Å². The fourth-order valence-electron chi connectivity index (χ4n) is 4.40. The fourth-order valence-corrected chi connectivity index (χ4v) is 4.40. The summed E-state index contributed by atoms with van der Waals surface area (Å²) in [4.78, 5) is 32.1. The third-order valence-corrected chi connectivity index (χ3v) is 6.23. The molecule has 2 fully saturated rings. The lowest BCUT2D eigenvalue weighted by molar-refractivity contribution is -0.179. The highest BCUT2D eigenvalue weighted by atomic mass is 16.7. The number of hydrogen-bond donors (Lipinski definition) is 1. The van der Waals surface area contributed by atoms with Gasteiger partial charge in [-0.15, -0.1) is 0 Å². The molecule has 1 N–H and O–H groups in total. The van der Waals surface area contributed by atoms with E-state index in [1.807, 2.05) is 36.4 Å². The second-order valence-corrected chi connectivity index (χ2v) is 8.87. The van der Waals surface area contributed by atoms with Gasteiger partial charge in [-0.25, -0.2) is 14.6 Å². The first-order valence-electron chi connectivity index (χ1n) is 12.1. The lowest BCUT2D eigenvalue weighted by Crippen LogP contribution is -2.36. The van der Waals surface area contributed by atoms with E-state index >= 15 is 0 Å². The average Bonchev–Trinajstić information content (AvgIpc) is 3.17. The van der Waals surface area contributed by atoms with Crippen LogP contribution in [0.15, 0.2) is 53.5 Å². The quantitative estimate of drug-likeness (QED) is 0.349. The van der Waals surface area contributed by atoms with Gasteiger partial charge in [0, 0.05) is 5.69 Å². The number of nitrogens with one attached hydrogen (secondary N) is 1. The zero-order valence-electron chi connectivity index (χ0n) is 19.5. The number of carbonyl (C=O) groups excluding carboxylic acids is 2. The second-order valence-electron chi connectivity index (χ2n) is 8.87. The summed E-state index contributed by atoms with van der Waals surface area (Å²) in [6.45, 7) is 1.37. The number of fused-ring (bicyclic) bond motifs is 2. The van der Waals surface area contributed by atoms with E-state index in [2.05, 4.69) is 22.4 Å². The normalized spacial score (nSPS) is 20.1. The van der Waals surface area contributed by atoms with Crippen LogP contribution in [0.3, 0.4) is 0 Å². The summed E-state index contributed by atoms with van der Waals surface area (Å²) in [6.07, 6.45) is 6.66. The van der Waals surface area contributed by atoms with Crippen LogP contribution in [0.25, 0.3) is 0 Å². The number of ether oxygens (including phenoxy) is 3. The van der Waals surface area contributed by atoms with Crippen molar-refractivity contribution in [3.8, 4) is 5.75 Å². The van der Waals surface area contributed by atoms with Crippen LogP contribution in [0.2, 0.25) is 0 Å². The molecule has 1 atom stereocenters. The maximum Gasteiger partial charge on any atom is 0.441 e. The Morgan fingerprint density at radius 2 is 1.63 bits per heavy atom. The Hall–Kier alpha value is -3.59. The summed E-state index contributed by atoms with van der Waals surface area (Å²) in [5.74, 6) is -0.919. The minimum absolute atomic E-state index is 0.172. The number of esters is 1. The molecule has 1 saturated carbocycles. The Morgan fingerprint density at radius 3 is 2.37 bits per heavy atom. The molecule has 3 aliphatic rings. The average molecular weight is 480 g/mol. The second kappa shape index (κ2) is 10.8. The highest BCUT2D eigenvalue weighted by Gasteiger charge is 2.38. The van der Waals surface area contributed by atoms with Crippen molar-refractivity contribution in [3.63, 3.8) is 0 Å². The van der Waals surface area contributed by atoms with E-state index in [-0.39, 0.29) is 6.54 Å². The zero-order valence-corrected chi connectivity index (χ0v) is 19.5. The minimum atomic E-state index is -1.05. The van der Waals surface area contributed by atoms with Crippen LogP contribution in [0.5, 0.6) is 5.75 Å². The van der Waals surface area contributed by atoms with Gasteiger partial charge in [0.2, 0.25) is 12.2 Å². The van der Waals surface area contributed by atoms with Gasteiger partial charge in [0.25, 0.3) is 0 Å². The molecule has 9 heteroatoms. The van der Waals surface area contributed by atoms with E-state index in [4.69, 9.17) is 19.0 Å². The molecule has 2 heterocycles. The van der Waals surface area contributed by atoms with Crippen molar-refractivity contribution in [3.05, 3.63) is 59.7 Å². The third kappa shape index (κ3) is 6.10. The van der Waals surface area contributed by atoms with Crippen molar-refractivity contribution in [2.45, 2.75) is 50.9 Å². The van der Waals surface area contributed by atoms with Crippen LogP contribution in [0.4, 0.5) is 5.69 Å². The van der Waals surface area contributed by atoms with Gasteiger partial charge in [-0.2, -0.15) is 5.06 Å². The summed E-state index contributed by atoms with van der Waals surface area (Å²) in [6, 6.07) is 16.0. The molecule has 35 heavy (non-hydrogen) atoms. The number of hydrogen-bond acceptors (Lipinski definition) is 9. The number of anilines is 1. The van der Waals surface area contributed by atoms with E-state index in [1.54, 1.807) is 0 Å². The van der Waals surface area contributed by atoms with Gasteiger partial charge in [-0.05, 0) is 54.7 Å². The lowest BCUT2D eigenvalue weighted by Gasteiger charge is -2.21. The van der Waals surface area contributed by atoms with Crippen LogP contribution in [-0.4, -0.2) is 55.1 Å². The highest BCUT2D eigenvalue weighted by molar-refractivity contribution is 6.30. The largest absolute Gasteiger partial charge is 0.491 e. The Morgan fingerprint density at radius 1 is 0.914 bits per heavy atom. The molecular weight excluding hydrogens is 450 g/mol. The number of carbonyl (C=O) groups is 2. The predicted octanol–water partition coefficient (Wildman–Crippen LogP) is 3.43. The van der Waals surface area contributed by atoms with Gasteiger partial charge in [0.05, 0.1) is 12.7 Å². The Kier molecular flexibility index (Phi) is 7.13. The zero-order chi connectivity index (χ0) is 24.0. The standard InChI is InChI=1S/C26H29N3O6/c30-24-25(31)35-29-17-23(34-24)28-26(29)27-20-10-6-18(7-11-20)16-19-8-12-22(13-9-19)33-15-14-32-21-4-2-1-3-5-21/h6-13,21,23H,1-5,14-17H2,(H,27,28). The molecule has 1 unspecified atom stereocenters. The van der Waals surface area contributed by atoms with Gasteiger partial charge in [0.15, 0.2) is 0 Å². The number of aliphatic imine (C=N–C) groups is 1. The lowest BCUT2D eigenvalue weighted by atomic mass is 9.98. The number of rotatable bonds is 8. The monoisotopic (exact) mass is 479 g/mol.